The van der Waals surface area contributed by atoms with Gasteiger partial charge in [0.1, 0.15) is 5.84 Å². The van der Waals surface area contributed by atoms with Crippen LogP contribution < -0.4 is 10.6 Å². The first-order valence-corrected chi connectivity index (χ1v) is 7.61. The Kier molecular flexibility index (Phi) is 4.50. The molecule has 0 atom stereocenters. The monoisotopic (exact) mass is 357 g/mol. The number of hydrogen-bond acceptors (Lipinski definition) is 3. The largest absolute Gasteiger partial charge is 0.384 e. The van der Waals surface area contributed by atoms with Crippen LogP contribution in [0, 0.1) is 5.41 Å². The summed E-state index contributed by atoms with van der Waals surface area (Å²) >= 11 is 11.3. The maximum absolute atomic E-state index is 7.66. The van der Waals surface area contributed by atoms with Crippen LogP contribution in [-0.2, 0) is 6.54 Å². The lowest BCUT2D eigenvalue weighted by molar-refractivity contribution is 0.938. The second-order valence-corrected chi connectivity index (χ2v) is 6.45. The number of nitrogens with two attached hydrogens (primary N) is 1. The van der Waals surface area contributed by atoms with E-state index in [0.29, 0.717) is 10.6 Å². The molecule has 0 unspecified atom stereocenters. The average Bonchev–Trinajstić information content (AvgIpc) is 2.73. The molecule has 0 aliphatic rings. The van der Waals surface area contributed by atoms with Gasteiger partial charge in [-0.15, -0.1) is 11.3 Å². The molecular formula is C13H13BrClN3S. The quantitative estimate of drug-likeness (QED) is 0.639. The molecule has 3 nitrogen and oxygen atoms in total. The van der Waals surface area contributed by atoms with E-state index in [9.17, 15) is 0 Å². The van der Waals surface area contributed by atoms with Gasteiger partial charge in [0.25, 0.3) is 0 Å². The molecule has 1 aromatic heterocycles. The zero-order chi connectivity index (χ0) is 14.0. The molecule has 3 N–H and O–H groups in total. The van der Waals surface area contributed by atoms with E-state index < -0.39 is 0 Å². The summed E-state index contributed by atoms with van der Waals surface area (Å²) in [6.07, 6.45) is 0. The molecule has 1 heterocycles. The van der Waals surface area contributed by atoms with Gasteiger partial charge in [-0.1, -0.05) is 17.7 Å². The molecule has 0 amide bonds. The van der Waals surface area contributed by atoms with Gasteiger partial charge in [0.05, 0.1) is 17.1 Å². The summed E-state index contributed by atoms with van der Waals surface area (Å²) in [5.74, 6) is -0.0141. The average molecular weight is 359 g/mol. The summed E-state index contributed by atoms with van der Waals surface area (Å²) in [7, 11) is 1.96. The SMILES string of the molecule is CN(Cc1cc(Br)cs1)c1cccc(Cl)c1C(=N)N. The Morgan fingerprint density at radius 1 is 1.53 bits per heavy atom. The molecule has 0 bridgehead atoms. The number of benzene rings is 1. The minimum Gasteiger partial charge on any atom is -0.384 e. The third kappa shape index (κ3) is 3.29. The van der Waals surface area contributed by atoms with Crippen LogP contribution >= 0.6 is 38.9 Å². The second kappa shape index (κ2) is 5.94. The highest BCUT2D eigenvalue weighted by atomic mass is 79.9. The zero-order valence-electron chi connectivity index (χ0n) is 10.3. The normalized spacial score (nSPS) is 10.5. The van der Waals surface area contributed by atoms with Gasteiger partial charge in [0.2, 0.25) is 0 Å². The molecule has 1 aromatic carbocycles. The summed E-state index contributed by atoms with van der Waals surface area (Å²) in [5, 5.41) is 10.2. The molecule has 100 valence electrons. The molecule has 0 aliphatic heterocycles. The van der Waals surface area contributed by atoms with E-state index in [1.807, 2.05) is 29.5 Å². The lowest BCUT2D eigenvalue weighted by atomic mass is 10.1. The van der Waals surface area contributed by atoms with Crippen molar-refractivity contribution in [3.8, 4) is 0 Å². The fourth-order valence-corrected chi connectivity index (χ4v) is 3.63. The summed E-state index contributed by atoms with van der Waals surface area (Å²) < 4.78 is 1.08. The highest BCUT2D eigenvalue weighted by molar-refractivity contribution is 9.10. The van der Waals surface area contributed by atoms with Gasteiger partial charge in [-0.2, -0.15) is 0 Å². The number of amidine groups is 1. The lowest BCUT2D eigenvalue weighted by Gasteiger charge is -2.22. The first kappa shape index (κ1) is 14.4. The molecule has 0 aliphatic carbocycles. The third-order valence-electron chi connectivity index (χ3n) is 2.69. The van der Waals surface area contributed by atoms with Crippen molar-refractivity contribution in [2.24, 2.45) is 5.73 Å². The number of hydrogen-bond donors (Lipinski definition) is 2. The predicted molar refractivity (Wildman–Crippen MR) is 86.6 cm³/mol. The Bertz CT molecular complexity index is 612. The molecule has 0 saturated carbocycles. The zero-order valence-corrected chi connectivity index (χ0v) is 13.4. The van der Waals surface area contributed by atoms with Crippen molar-refractivity contribution in [1.29, 1.82) is 5.41 Å². The predicted octanol–water partition coefficient (Wildman–Crippen LogP) is 4.08. The van der Waals surface area contributed by atoms with Crippen molar-refractivity contribution in [3.05, 3.63) is 49.6 Å². The van der Waals surface area contributed by atoms with Gasteiger partial charge in [-0.25, -0.2) is 0 Å². The maximum Gasteiger partial charge on any atom is 0.126 e. The summed E-state index contributed by atoms with van der Waals surface area (Å²) in [5.41, 5.74) is 7.07. The molecule has 6 heteroatoms. The Morgan fingerprint density at radius 2 is 2.26 bits per heavy atom. The van der Waals surface area contributed by atoms with Gasteiger partial charge in [0, 0.05) is 27.5 Å². The Hall–Kier alpha value is -1.04. The Morgan fingerprint density at radius 3 is 2.84 bits per heavy atom. The van der Waals surface area contributed by atoms with Crippen molar-refractivity contribution in [2.45, 2.75) is 6.54 Å². The number of thiophene rings is 1. The van der Waals surface area contributed by atoms with Gasteiger partial charge in [0.15, 0.2) is 0 Å². The minimum atomic E-state index is -0.0141. The summed E-state index contributed by atoms with van der Waals surface area (Å²) in [4.78, 5) is 3.27. The van der Waals surface area contributed by atoms with E-state index >= 15 is 0 Å². The van der Waals surface area contributed by atoms with Crippen molar-refractivity contribution in [3.63, 3.8) is 0 Å². The Labute approximate surface area is 129 Å². The van der Waals surface area contributed by atoms with Crippen LogP contribution in [0.25, 0.3) is 0 Å². The number of nitrogens with one attached hydrogen (secondary N) is 1. The fraction of sp³-hybridized carbons (Fsp3) is 0.154. The first-order valence-electron chi connectivity index (χ1n) is 5.56. The number of halogens is 2. The molecule has 0 spiro atoms. The summed E-state index contributed by atoms with van der Waals surface area (Å²) in [6, 6.07) is 7.62. The van der Waals surface area contributed by atoms with Crippen LogP contribution in [0.5, 0.6) is 0 Å². The van der Waals surface area contributed by atoms with E-state index in [4.69, 9.17) is 22.7 Å². The fourth-order valence-electron chi connectivity index (χ4n) is 1.85. The smallest absolute Gasteiger partial charge is 0.126 e. The highest BCUT2D eigenvalue weighted by Gasteiger charge is 2.14. The van der Waals surface area contributed by atoms with Crippen LogP contribution in [0.3, 0.4) is 0 Å². The van der Waals surface area contributed by atoms with E-state index in [1.54, 1.807) is 17.4 Å². The molecule has 2 aromatic rings. The Balaban J connectivity index is 2.31. The van der Waals surface area contributed by atoms with E-state index in [0.717, 1.165) is 16.7 Å². The molecular weight excluding hydrogens is 346 g/mol. The third-order valence-corrected chi connectivity index (χ3v) is 4.68. The second-order valence-electron chi connectivity index (χ2n) is 4.13. The molecule has 0 fully saturated rings. The number of anilines is 1. The molecule has 19 heavy (non-hydrogen) atoms. The topological polar surface area (TPSA) is 53.1 Å². The van der Waals surface area contributed by atoms with Crippen LogP contribution in [0.4, 0.5) is 5.69 Å². The van der Waals surface area contributed by atoms with Crippen LogP contribution in [0.1, 0.15) is 10.4 Å². The van der Waals surface area contributed by atoms with E-state index in [2.05, 4.69) is 22.0 Å². The molecule has 0 saturated heterocycles. The standard InChI is InChI=1S/C13H13BrClN3S/c1-18(6-9-5-8(14)7-19-9)11-4-2-3-10(15)12(11)13(16)17/h2-5,7H,6H2,1H3,(H3,16,17). The van der Waals surface area contributed by atoms with Crippen molar-refractivity contribution >= 4 is 50.4 Å². The number of rotatable bonds is 4. The number of nitrogen functional groups attached to an aromatic ring is 1. The molecule has 2 rings (SSSR count). The minimum absolute atomic E-state index is 0.0141. The molecule has 0 radical (unpaired) electrons. The highest BCUT2D eigenvalue weighted by Crippen LogP contribution is 2.29. The number of nitrogens with zero attached hydrogens (tertiary/aromatic N) is 1. The summed E-state index contributed by atoms with van der Waals surface area (Å²) in [6.45, 7) is 0.747. The van der Waals surface area contributed by atoms with Crippen molar-refractivity contribution in [2.75, 3.05) is 11.9 Å². The van der Waals surface area contributed by atoms with Gasteiger partial charge >= 0.3 is 0 Å². The van der Waals surface area contributed by atoms with Crippen molar-refractivity contribution in [1.82, 2.24) is 0 Å². The van der Waals surface area contributed by atoms with Gasteiger partial charge < -0.3 is 10.6 Å². The van der Waals surface area contributed by atoms with Crippen LogP contribution in [0.2, 0.25) is 5.02 Å². The van der Waals surface area contributed by atoms with Crippen LogP contribution in [0.15, 0.2) is 34.1 Å². The van der Waals surface area contributed by atoms with Crippen molar-refractivity contribution < 1.29 is 0 Å². The maximum atomic E-state index is 7.66. The first-order chi connectivity index (χ1) is 8.99. The van der Waals surface area contributed by atoms with Gasteiger partial charge in [-0.05, 0) is 34.1 Å². The van der Waals surface area contributed by atoms with Crippen LogP contribution in [-0.4, -0.2) is 12.9 Å². The lowest BCUT2D eigenvalue weighted by Crippen LogP contribution is -2.22. The van der Waals surface area contributed by atoms with Gasteiger partial charge in [-0.3, -0.25) is 5.41 Å². The van der Waals surface area contributed by atoms with E-state index in [1.165, 1.54) is 4.88 Å². The van der Waals surface area contributed by atoms with E-state index in [-0.39, 0.29) is 5.84 Å².